The van der Waals surface area contributed by atoms with Gasteiger partial charge >= 0.3 is 6.03 Å². The van der Waals surface area contributed by atoms with Crippen molar-refractivity contribution in [2.45, 2.75) is 38.8 Å². The Labute approximate surface area is 168 Å². The van der Waals surface area contributed by atoms with Crippen molar-refractivity contribution < 1.29 is 14.4 Å². The van der Waals surface area contributed by atoms with Crippen LogP contribution >= 0.6 is 11.3 Å². The molecular formula is C21H23N3O3S. The van der Waals surface area contributed by atoms with E-state index < -0.39 is 5.54 Å². The van der Waals surface area contributed by atoms with Crippen LogP contribution < -0.4 is 5.32 Å². The van der Waals surface area contributed by atoms with Crippen LogP contribution in [0.3, 0.4) is 0 Å². The van der Waals surface area contributed by atoms with Gasteiger partial charge in [-0.25, -0.2) is 4.79 Å². The smallest absolute Gasteiger partial charge is 0.325 e. The van der Waals surface area contributed by atoms with Crippen molar-refractivity contribution in [1.82, 2.24) is 15.1 Å². The number of nitrogens with one attached hydrogen (secondary N) is 1. The first-order chi connectivity index (χ1) is 13.4. The topological polar surface area (TPSA) is 69.7 Å². The van der Waals surface area contributed by atoms with Gasteiger partial charge in [-0.15, -0.1) is 0 Å². The first kappa shape index (κ1) is 18.7. The molecule has 7 heteroatoms. The fourth-order valence-electron chi connectivity index (χ4n) is 3.96. The molecule has 146 valence electrons. The Kier molecular flexibility index (Phi) is 4.71. The molecule has 3 heterocycles. The first-order valence-corrected chi connectivity index (χ1v) is 10.4. The monoisotopic (exact) mass is 397 g/mol. The Morgan fingerprint density at radius 3 is 2.61 bits per heavy atom. The summed E-state index contributed by atoms with van der Waals surface area (Å²) in [6.07, 6.45) is 0.882. The van der Waals surface area contributed by atoms with Gasteiger partial charge in [0.2, 0.25) is 0 Å². The molecule has 1 spiro atoms. The number of carbonyl (C=O) groups is 3. The maximum absolute atomic E-state index is 13.1. The van der Waals surface area contributed by atoms with E-state index in [4.69, 9.17) is 0 Å². The molecule has 6 nitrogen and oxygen atoms in total. The number of piperidine rings is 1. The molecule has 0 aliphatic carbocycles. The highest BCUT2D eigenvalue weighted by Gasteiger charge is 2.52. The van der Waals surface area contributed by atoms with E-state index in [2.05, 4.69) is 5.32 Å². The van der Waals surface area contributed by atoms with Crippen LogP contribution in [0.1, 0.15) is 39.9 Å². The van der Waals surface area contributed by atoms with E-state index in [1.807, 2.05) is 48.9 Å². The summed E-state index contributed by atoms with van der Waals surface area (Å²) in [7, 11) is 0. The van der Waals surface area contributed by atoms with Gasteiger partial charge in [-0.3, -0.25) is 14.5 Å². The van der Waals surface area contributed by atoms with Crippen LogP contribution in [0.25, 0.3) is 0 Å². The van der Waals surface area contributed by atoms with E-state index in [9.17, 15) is 14.4 Å². The number of likely N-dealkylation sites (tertiary alicyclic amines) is 1. The Hall–Kier alpha value is -2.67. The van der Waals surface area contributed by atoms with Gasteiger partial charge in [-0.2, -0.15) is 11.3 Å². The Morgan fingerprint density at radius 2 is 1.93 bits per heavy atom. The van der Waals surface area contributed by atoms with Gasteiger partial charge in [-0.1, -0.05) is 23.8 Å². The molecule has 2 aliphatic rings. The minimum atomic E-state index is -0.889. The molecule has 2 aromatic rings. The lowest BCUT2D eigenvalue weighted by Gasteiger charge is -2.37. The molecule has 0 atom stereocenters. The van der Waals surface area contributed by atoms with Gasteiger partial charge in [0.25, 0.3) is 11.8 Å². The third kappa shape index (κ3) is 3.20. The lowest BCUT2D eigenvalue weighted by Crippen LogP contribution is -2.55. The van der Waals surface area contributed by atoms with Crippen LogP contribution in [0.15, 0.2) is 35.0 Å². The second-order valence-corrected chi connectivity index (χ2v) is 8.42. The molecule has 0 saturated carbocycles. The Morgan fingerprint density at radius 1 is 1.18 bits per heavy atom. The van der Waals surface area contributed by atoms with Crippen molar-refractivity contribution in [1.29, 1.82) is 0 Å². The van der Waals surface area contributed by atoms with Crippen LogP contribution in [-0.4, -0.2) is 46.3 Å². The molecular weight excluding hydrogens is 374 g/mol. The lowest BCUT2D eigenvalue weighted by molar-refractivity contribution is -0.133. The number of rotatable bonds is 3. The van der Waals surface area contributed by atoms with Crippen LogP contribution in [0, 0.1) is 13.8 Å². The van der Waals surface area contributed by atoms with Gasteiger partial charge in [0.05, 0.1) is 12.1 Å². The molecule has 1 aromatic carbocycles. The highest BCUT2D eigenvalue weighted by atomic mass is 32.1. The molecule has 1 N–H and O–H groups in total. The van der Waals surface area contributed by atoms with Gasteiger partial charge < -0.3 is 10.2 Å². The molecule has 4 amide bonds. The quantitative estimate of drug-likeness (QED) is 0.809. The van der Waals surface area contributed by atoms with E-state index in [-0.39, 0.29) is 24.4 Å². The number of thiophene rings is 1. The first-order valence-electron chi connectivity index (χ1n) is 9.41. The van der Waals surface area contributed by atoms with Crippen molar-refractivity contribution in [2.24, 2.45) is 0 Å². The molecule has 2 aliphatic heterocycles. The van der Waals surface area contributed by atoms with Gasteiger partial charge in [0.15, 0.2) is 0 Å². The standard InChI is InChI=1S/C21H23N3O3S/c1-14-3-4-15(2)17(11-14)12-24-19(26)21(22-20(24)27)6-8-23(9-7-21)18(25)16-5-10-28-13-16/h3-5,10-11,13H,6-9,12H2,1-2H3,(H,22,27). The molecule has 2 saturated heterocycles. The number of amides is 4. The van der Waals surface area contributed by atoms with E-state index in [0.717, 1.165) is 16.7 Å². The zero-order valence-corrected chi connectivity index (χ0v) is 16.8. The highest BCUT2D eigenvalue weighted by molar-refractivity contribution is 7.08. The minimum absolute atomic E-state index is 0.0138. The van der Waals surface area contributed by atoms with Gasteiger partial charge in [0.1, 0.15) is 5.54 Å². The number of nitrogens with zero attached hydrogens (tertiary/aromatic N) is 2. The molecule has 4 rings (SSSR count). The van der Waals surface area contributed by atoms with Crippen molar-refractivity contribution in [3.8, 4) is 0 Å². The summed E-state index contributed by atoms with van der Waals surface area (Å²) in [6.45, 7) is 5.17. The predicted molar refractivity (Wildman–Crippen MR) is 107 cm³/mol. The average molecular weight is 398 g/mol. The van der Waals surface area contributed by atoms with Gasteiger partial charge in [-0.05, 0) is 49.3 Å². The van der Waals surface area contributed by atoms with Crippen LogP contribution in [0.5, 0.6) is 0 Å². The molecule has 2 fully saturated rings. The van der Waals surface area contributed by atoms with Gasteiger partial charge in [0, 0.05) is 18.5 Å². The summed E-state index contributed by atoms with van der Waals surface area (Å²) in [4.78, 5) is 41.3. The SMILES string of the molecule is Cc1ccc(C)c(CN2C(=O)NC3(CCN(C(=O)c4ccsc4)CC3)C2=O)c1. The highest BCUT2D eigenvalue weighted by Crippen LogP contribution is 2.31. The van der Waals surface area contributed by atoms with E-state index in [1.54, 1.807) is 4.90 Å². The van der Waals surface area contributed by atoms with Crippen LogP contribution in [0.4, 0.5) is 4.79 Å². The summed E-state index contributed by atoms with van der Waals surface area (Å²) in [5, 5.41) is 6.63. The summed E-state index contributed by atoms with van der Waals surface area (Å²) >= 11 is 1.49. The number of imide groups is 1. The second kappa shape index (κ2) is 7.05. The number of aryl methyl sites for hydroxylation is 2. The number of benzene rings is 1. The largest absolute Gasteiger partial charge is 0.338 e. The minimum Gasteiger partial charge on any atom is -0.338 e. The summed E-state index contributed by atoms with van der Waals surface area (Å²) in [6, 6.07) is 7.51. The van der Waals surface area contributed by atoms with E-state index in [1.165, 1.54) is 16.2 Å². The molecule has 1 aromatic heterocycles. The van der Waals surface area contributed by atoms with Crippen LogP contribution in [0.2, 0.25) is 0 Å². The third-order valence-corrected chi connectivity index (χ3v) is 6.43. The summed E-state index contributed by atoms with van der Waals surface area (Å²) in [5.41, 5.74) is 2.93. The Balaban J connectivity index is 1.47. The Bertz CT molecular complexity index is 930. The summed E-state index contributed by atoms with van der Waals surface area (Å²) in [5.74, 6) is -0.193. The molecule has 28 heavy (non-hydrogen) atoms. The fraction of sp³-hybridized carbons (Fsp3) is 0.381. The number of hydrogen-bond acceptors (Lipinski definition) is 4. The second-order valence-electron chi connectivity index (χ2n) is 7.64. The average Bonchev–Trinajstić information content (AvgIpc) is 3.29. The third-order valence-electron chi connectivity index (χ3n) is 5.75. The van der Waals surface area contributed by atoms with E-state index >= 15 is 0 Å². The van der Waals surface area contributed by atoms with Crippen molar-refractivity contribution in [2.75, 3.05) is 13.1 Å². The van der Waals surface area contributed by atoms with E-state index in [0.29, 0.717) is 31.5 Å². The number of urea groups is 1. The van der Waals surface area contributed by atoms with Crippen molar-refractivity contribution in [3.05, 3.63) is 57.3 Å². The maximum atomic E-state index is 13.1. The fourth-order valence-corrected chi connectivity index (χ4v) is 4.59. The van der Waals surface area contributed by atoms with Crippen molar-refractivity contribution in [3.63, 3.8) is 0 Å². The molecule has 0 unspecified atom stereocenters. The maximum Gasteiger partial charge on any atom is 0.325 e. The van der Waals surface area contributed by atoms with Crippen LogP contribution in [-0.2, 0) is 11.3 Å². The number of hydrogen-bond donors (Lipinski definition) is 1. The zero-order valence-electron chi connectivity index (χ0n) is 16.0. The number of carbonyl (C=O) groups excluding carboxylic acids is 3. The lowest BCUT2D eigenvalue weighted by atomic mass is 9.87. The predicted octanol–water partition coefficient (Wildman–Crippen LogP) is 3.09. The summed E-state index contributed by atoms with van der Waals surface area (Å²) < 4.78 is 0. The molecule has 0 radical (unpaired) electrons. The van der Waals surface area contributed by atoms with Crippen molar-refractivity contribution >= 4 is 29.2 Å². The normalized spacial score (nSPS) is 18.6. The molecule has 0 bridgehead atoms. The zero-order chi connectivity index (χ0) is 19.9.